The van der Waals surface area contributed by atoms with Crippen molar-refractivity contribution >= 4 is 11.6 Å². The molecule has 1 unspecified atom stereocenters. The molecule has 0 bridgehead atoms. The smallest absolute Gasteiger partial charge is 0.225 e. The quantitative estimate of drug-likeness (QED) is 0.878. The van der Waals surface area contributed by atoms with Gasteiger partial charge in [-0.15, -0.1) is 0 Å². The van der Waals surface area contributed by atoms with Crippen molar-refractivity contribution in [3.05, 3.63) is 30.3 Å². The molecule has 23 heavy (non-hydrogen) atoms. The van der Waals surface area contributed by atoms with Crippen LogP contribution >= 0.6 is 0 Å². The number of piperidine rings is 1. The fraction of sp³-hybridized carbons (Fsp3) is 0.632. The lowest BCUT2D eigenvalue weighted by Crippen LogP contribution is -2.63. The zero-order chi connectivity index (χ0) is 16.3. The van der Waals surface area contributed by atoms with E-state index in [1.54, 1.807) is 0 Å². The van der Waals surface area contributed by atoms with Gasteiger partial charge in [0.25, 0.3) is 0 Å². The first-order valence-corrected chi connectivity index (χ1v) is 8.85. The van der Waals surface area contributed by atoms with Crippen LogP contribution in [0.5, 0.6) is 0 Å². The number of carbonyl (C=O) groups excluding carboxylic acids is 1. The molecule has 2 heterocycles. The summed E-state index contributed by atoms with van der Waals surface area (Å²) in [5.74, 6) is 0.910. The number of likely N-dealkylation sites (tertiary alicyclic amines) is 1. The molecule has 0 aromatic heterocycles. The normalized spacial score (nSPS) is 24.9. The summed E-state index contributed by atoms with van der Waals surface area (Å²) >= 11 is 0. The fourth-order valence-corrected chi connectivity index (χ4v) is 3.95. The molecule has 1 amide bonds. The third-order valence-corrected chi connectivity index (χ3v) is 5.44. The topological polar surface area (TPSA) is 44.4 Å². The summed E-state index contributed by atoms with van der Waals surface area (Å²) in [5.41, 5.74) is 1.34. The number of para-hydroxylation sites is 1. The summed E-state index contributed by atoms with van der Waals surface area (Å²) in [6.45, 7) is 9.00. The van der Waals surface area contributed by atoms with Crippen LogP contribution in [0.25, 0.3) is 0 Å². The van der Waals surface area contributed by atoms with Gasteiger partial charge in [-0.05, 0) is 49.4 Å². The number of nitrogens with one attached hydrogen (secondary N) is 2. The summed E-state index contributed by atoms with van der Waals surface area (Å²) in [6.07, 6.45) is 3.08. The Morgan fingerprint density at radius 1 is 1.26 bits per heavy atom. The minimum absolute atomic E-state index is 0.111. The molecule has 2 saturated heterocycles. The maximum absolute atomic E-state index is 12.0. The molecule has 4 heteroatoms. The van der Waals surface area contributed by atoms with Gasteiger partial charge in [0, 0.05) is 31.2 Å². The number of hydrogen-bond acceptors (Lipinski definition) is 3. The van der Waals surface area contributed by atoms with E-state index < -0.39 is 0 Å². The van der Waals surface area contributed by atoms with Crippen LogP contribution in [0.1, 0.15) is 33.1 Å². The van der Waals surface area contributed by atoms with Gasteiger partial charge in [0.1, 0.15) is 0 Å². The summed E-state index contributed by atoms with van der Waals surface area (Å²) in [5, 5.41) is 6.58. The Morgan fingerprint density at radius 2 is 1.96 bits per heavy atom. The summed E-state index contributed by atoms with van der Waals surface area (Å²) in [7, 11) is 0. The molecular weight excluding hydrogens is 286 g/mol. The highest BCUT2D eigenvalue weighted by atomic mass is 16.1. The highest BCUT2D eigenvalue weighted by Gasteiger charge is 2.43. The van der Waals surface area contributed by atoms with Crippen molar-refractivity contribution in [2.45, 2.75) is 39.2 Å². The van der Waals surface area contributed by atoms with Crippen LogP contribution in [0, 0.1) is 11.3 Å². The average Bonchev–Trinajstić information content (AvgIpc) is 2.54. The first kappa shape index (κ1) is 16.5. The number of rotatable bonds is 5. The number of benzene rings is 1. The van der Waals surface area contributed by atoms with Crippen LogP contribution in [0.2, 0.25) is 0 Å². The Kier molecular flexibility index (Phi) is 5.02. The van der Waals surface area contributed by atoms with Crippen molar-refractivity contribution < 1.29 is 4.79 Å². The first-order valence-electron chi connectivity index (χ1n) is 8.85. The number of anilines is 1. The summed E-state index contributed by atoms with van der Waals surface area (Å²) < 4.78 is 0. The minimum atomic E-state index is 0.111. The van der Waals surface area contributed by atoms with Gasteiger partial charge in [-0.2, -0.15) is 0 Å². The van der Waals surface area contributed by atoms with Gasteiger partial charge in [0.05, 0.1) is 0 Å². The van der Waals surface area contributed by atoms with E-state index >= 15 is 0 Å². The zero-order valence-electron chi connectivity index (χ0n) is 14.3. The van der Waals surface area contributed by atoms with Crippen LogP contribution < -0.4 is 10.6 Å². The molecular formula is C19H29N3O. The molecule has 2 N–H and O–H groups in total. The minimum Gasteiger partial charge on any atom is -0.326 e. The Bertz CT molecular complexity index is 521. The third-order valence-electron chi connectivity index (χ3n) is 5.44. The van der Waals surface area contributed by atoms with Crippen molar-refractivity contribution in [3.63, 3.8) is 0 Å². The molecule has 1 aromatic rings. The van der Waals surface area contributed by atoms with Gasteiger partial charge in [0.15, 0.2) is 0 Å². The van der Waals surface area contributed by atoms with Crippen LogP contribution in [-0.2, 0) is 4.79 Å². The molecule has 2 fully saturated rings. The number of amides is 1. The molecule has 0 radical (unpaired) electrons. The molecule has 0 aliphatic carbocycles. The predicted molar refractivity (Wildman–Crippen MR) is 94.4 cm³/mol. The SMILES string of the molecule is CC1(C)CNC1C1CCN(CCC(=O)Nc2ccccc2)CC1. The molecule has 2 aliphatic rings. The van der Waals surface area contributed by atoms with E-state index in [0.29, 0.717) is 17.9 Å². The van der Waals surface area contributed by atoms with Crippen molar-refractivity contribution in [1.29, 1.82) is 0 Å². The second-order valence-electron chi connectivity index (χ2n) is 7.69. The monoisotopic (exact) mass is 315 g/mol. The van der Waals surface area contributed by atoms with Gasteiger partial charge >= 0.3 is 0 Å². The van der Waals surface area contributed by atoms with Crippen LogP contribution in [0.4, 0.5) is 5.69 Å². The third kappa shape index (κ3) is 4.12. The Balaban J connectivity index is 1.37. The van der Waals surface area contributed by atoms with E-state index in [1.807, 2.05) is 30.3 Å². The van der Waals surface area contributed by atoms with Gasteiger partial charge in [-0.1, -0.05) is 32.0 Å². The lowest BCUT2D eigenvalue weighted by molar-refractivity contribution is -0.116. The Hall–Kier alpha value is -1.39. The lowest BCUT2D eigenvalue weighted by Gasteiger charge is -2.51. The van der Waals surface area contributed by atoms with Crippen LogP contribution in [0.3, 0.4) is 0 Å². The highest BCUT2D eigenvalue weighted by Crippen LogP contribution is 2.37. The van der Waals surface area contributed by atoms with E-state index in [9.17, 15) is 4.79 Å². The van der Waals surface area contributed by atoms with Gasteiger partial charge in [-0.3, -0.25) is 4.79 Å². The van der Waals surface area contributed by atoms with Gasteiger partial charge < -0.3 is 15.5 Å². The van der Waals surface area contributed by atoms with Crippen LogP contribution in [0.15, 0.2) is 30.3 Å². The summed E-state index contributed by atoms with van der Waals surface area (Å²) in [6, 6.07) is 10.4. The molecule has 4 nitrogen and oxygen atoms in total. The van der Waals surface area contributed by atoms with Crippen LogP contribution in [-0.4, -0.2) is 43.0 Å². The standard InChI is InChI=1S/C19H29N3O/c1-19(2)14-20-18(19)15-8-11-22(12-9-15)13-10-17(23)21-16-6-4-3-5-7-16/h3-7,15,18,20H,8-14H2,1-2H3,(H,21,23). The van der Waals surface area contributed by atoms with Gasteiger partial charge in [0.2, 0.25) is 5.91 Å². The zero-order valence-corrected chi connectivity index (χ0v) is 14.3. The molecule has 3 rings (SSSR count). The molecule has 1 atom stereocenters. The van der Waals surface area contributed by atoms with E-state index in [2.05, 4.69) is 29.4 Å². The van der Waals surface area contributed by atoms with E-state index in [4.69, 9.17) is 0 Å². The van der Waals surface area contributed by atoms with Crippen molar-refractivity contribution in [1.82, 2.24) is 10.2 Å². The average molecular weight is 315 g/mol. The number of nitrogens with zero attached hydrogens (tertiary/aromatic N) is 1. The second-order valence-corrected chi connectivity index (χ2v) is 7.69. The molecule has 126 valence electrons. The second kappa shape index (κ2) is 7.02. The van der Waals surface area contributed by atoms with Crippen molar-refractivity contribution in [3.8, 4) is 0 Å². The largest absolute Gasteiger partial charge is 0.326 e. The Labute approximate surface area is 139 Å². The lowest BCUT2D eigenvalue weighted by atomic mass is 9.68. The fourth-order valence-electron chi connectivity index (χ4n) is 3.95. The first-order chi connectivity index (χ1) is 11.0. The predicted octanol–water partition coefficient (Wildman–Crippen LogP) is 2.73. The summed E-state index contributed by atoms with van der Waals surface area (Å²) in [4.78, 5) is 14.5. The number of carbonyl (C=O) groups is 1. The highest BCUT2D eigenvalue weighted by molar-refractivity contribution is 5.90. The van der Waals surface area contributed by atoms with E-state index in [1.165, 1.54) is 12.8 Å². The van der Waals surface area contributed by atoms with Crippen molar-refractivity contribution in [2.75, 3.05) is 31.5 Å². The molecule has 1 aromatic carbocycles. The molecule has 2 aliphatic heterocycles. The van der Waals surface area contributed by atoms with E-state index in [0.717, 1.165) is 37.8 Å². The number of hydrogen-bond donors (Lipinski definition) is 2. The molecule has 0 saturated carbocycles. The maximum atomic E-state index is 12.0. The Morgan fingerprint density at radius 3 is 2.52 bits per heavy atom. The van der Waals surface area contributed by atoms with E-state index in [-0.39, 0.29) is 5.91 Å². The molecule has 0 spiro atoms. The maximum Gasteiger partial charge on any atom is 0.225 e. The van der Waals surface area contributed by atoms with Gasteiger partial charge in [-0.25, -0.2) is 0 Å². The van der Waals surface area contributed by atoms with Crippen molar-refractivity contribution in [2.24, 2.45) is 11.3 Å².